The van der Waals surface area contributed by atoms with Crippen molar-refractivity contribution >= 4 is 34.9 Å². The van der Waals surface area contributed by atoms with Crippen LogP contribution in [0.25, 0.3) is 6.08 Å². The second kappa shape index (κ2) is 8.61. The first kappa shape index (κ1) is 19.5. The van der Waals surface area contributed by atoms with Crippen LogP contribution in [-0.4, -0.2) is 53.1 Å². The first-order chi connectivity index (χ1) is 13.0. The first-order valence-corrected chi connectivity index (χ1v) is 10.0. The molecule has 0 aromatic heterocycles. The molecule has 2 heterocycles. The monoisotopic (exact) mass is 388 g/mol. The van der Waals surface area contributed by atoms with Gasteiger partial charge in [0.2, 0.25) is 5.91 Å². The smallest absolute Gasteiger partial charge is 0.294 e. The molecule has 0 radical (unpaired) electrons. The van der Waals surface area contributed by atoms with Crippen LogP contribution in [0.3, 0.4) is 0 Å². The lowest BCUT2D eigenvalue weighted by molar-refractivity contribution is -0.135. The van der Waals surface area contributed by atoms with Gasteiger partial charge in [0, 0.05) is 18.7 Å². The van der Waals surface area contributed by atoms with Crippen molar-refractivity contribution in [1.82, 2.24) is 9.80 Å². The summed E-state index contributed by atoms with van der Waals surface area (Å²) in [5.74, 6) is 0.459. The summed E-state index contributed by atoms with van der Waals surface area (Å²) in [5.41, 5.74) is 0.745. The van der Waals surface area contributed by atoms with Gasteiger partial charge in [-0.2, -0.15) is 0 Å². The zero-order valence-corrected chi connectivity index (χ0v) is 16.5. The van der Waals surface area contributed by atoms with Gasteiger partial charge in [-0.25, -0.2) is 0 Å². The number of thioether (sulfide) groups is 1. The van der Waals surface area contributed by atoms with Crippen LogP contribution in [-0.2, 0) is 9.59 Å². The van der Waals surface area contributed by atoms with E-state index in [1.165, 1.54) is 0 Å². The van der Waals surface area contributed by atoms with Crippen LogP contribution in [0.5, 0.6) is 5.75 Å². The van der Waals surface area contributed by atoms with Crippen molar-refractivity contribution in [3.8, 4) is 5.75 Å². The number of imide groups is 1. The molecule has 2 aliphatic rings. The molecule has 2 fully saturated rings. The quantitative estimate of drug-likeness (QED) is 0.699. The summed E-state index contributed by atoms with van der Waals surface area (Å²) in [6.45, 7) is 5.90. The Bertz CT molecular complexity index is 769. The Morgan fingerprint density at radius 3 is 2.63 bits per heavy atom. The summed E-state index contributed by atoms with van der Waals surface area (Å²) in [6.07, 6.45) is 3.61. The maximum Gasteiger partial charge on any atom is 0.294 e. The number of rotatable bonds is 6. The number of carbonyl (C=O) groups excluding carboxylic acids is 3. The SMILES string of the molecule is CC(C)COc1ccccc1/C=C1/SC(=O)N(CC(=O)N2CCCC2)C1=O. The molecule has 0 N–H and O–H groups in total. The maximum atomic E-state index is 12.7. The van der Waals surface area contributed by atoms with Crippen molar-refractivity contribution in [3.63, 3.8) is 0 Å². The van der Waals surface area contributed by atoms with E-state index >= 15 is 0 Å². The highest BCUT2D eigenvalue weighted by Gasteiger charge is 2.37. The predicted molar refractivity (Wildman–Crippen MR) is 105 cm³/mol. The van der Waals surface area contributed by atoms with Gasteiger partial charge < -0.3 is 9.64 Å². The van der Waals surface area contributed by atoms with Gasteiger partial charge in [-0.05, 0) is 42.7 Å². The van der Waals surface area contributed by atoms with Crippen molar-refractivity contribution in [2.75, 3.05) is 26.2 Å². The molecule has 0 unspecified atom stereocenters. The number of nitrogens with zero attached hydrogens (tertiary/aromatic N) is 2. The predicted octanol–water partition coefficient (Wildman–Crippen LogP) is 3.38. The number of ether oxygens (including phenoxy) is 1. The Kier molecular flexibility index (Phi) is 6.21. The molecule has 27 heavy (non-hydrogen) atoms. The Labute approximate surface area is 163 Å². The van der Waals surface area contributed by atoms with Crippen LogP contribution in [0.4, 0.5) is 4.79 Å². The van der Waals surface area contributed by atoms with Gasteiger partial charge in [-0.1, -0.05) is 32.0 Å². The van der Waals surface area contributed by atoms with Crippen molar-refractivity contribution in [1.29, 1.82) is 0 Å². The molecule has 0 bridgehead atoms. The number of para-hydroxylation sites is 1. The van der Waals surface area contributed by atoms with Crippen LogP contribution in [0.15, 0.2) is 29.2 Å². The highest BCUT2D eigenvalue weighted by molar-refractivity contribution is 8.18. The average molecular weight is 388 g/mol. The van der Waals surface area contributed by atoms with Gasteiger partial charge in [-0.15, -0.1) is 0 Å². The van der Waals surface area contributed by atoms with E-state index in [1.54, 1.807) is 11.0 Å². The molecule has 0 aliphatic carbocycles. The third-order valence-corrected chi connectivity index (χ3v) is 5.31. The van der Waals surface area contributed by atoms with Crippen molar-refractivity contribution in [2.24, 2.45) is 5.92 Å². The normalized spacial score (nSPS) is 18.9. The summed E-state index contributed by atoms with van der Waals surface area (Å²) < 4.78 is 5.81. The molecular formula is C20H24N2O4S. The fourth-order valence-electron chi connectivity index (χ4n) is 2.97. The van der Waals surface area contributed by atoms with E-state index < -0.39 is 11.1 Å². The topological polar surface area (TPSA) is 66.9 Å². The molecule has 6 nitrogen and oxygen atoms in total. The van der Waals surface area contributed by atoms with Crippen molar-refractivity contribution in [2.45, 2.75) is 26.7 Å². The molecule has 144 valence electrons. The van der Waals surface area contributed by atoms with Crippen molar-refractivity contribution < 1.29 is 19.1 Å². The molecule has 0 atom stereocenters. The molecule has 2 saturated heterocycles. The third kappa shape index (κ3) is 4.71. The van der Waals surface area contributed by atoms with Crippen molar-refractivity contribution in [3.05, 3.63) is 34.7 Å². The lowest BCUT2D eigenvalue weighted by Crippen LogP contribution is -2.40. The fraction of sp³-hybridized carbons (Fsp3) is 0.450. The lowest BCUT2D eigenvalue weighted by atomic mass is 10.1. The molecule has 0 spiro atoms. The summed E-state index contributed by atoms with van der Waals surface area (Å²) in [5, 5.41) is -0.403. The van der Waals surface area contributed by atoms with E-state index in [1.807, 2.05) is 24.3 Å². The highest BCUT2D eigenvalue weighted by atomic mass is 32.2. The second-order valence-corrected chi connectivity index (χ2v) is 8.09. The van der Waals surface area contributed by atoms with Crippen LogP contribution < -0.4 is 4.74 Å². The van der Waals surface area contributed by atoms with E-state index in [-0.39, 0.29) is 12.5 Å². The van der Waals surface area contributed by atoms with E-state index in [0.717, 1.165) is 35.1 Å². The number of amides is 3. The van der Waals surface area contributed by atoms with Crippen LogP contribution in [0.1, 0.15) is 32.3 Å². The largest absolute Gasteiger partial charge is 0.493 e. The second-order valence-electron chi connectivity index (χ2n) is 7.10. The number of carbonyl (C=O) groups is 3. The summed E-state index contributed by atoms with van der Waals surface area (Å²) in [7, 11) is 0. The molecule has 7 heteroatoms. The lowest BCUT2D eigenvalue weighted by Gasteiger charge is -2.18. The zero-order valence-electron chi connectivity index (χ0n) is 15.6. The van der Waals surface area contributed by atoms with Gasteiger partial charge in [0.05, 0.1) is 11.5 Å². The minimum absolute atomic E-state index is 0.170. The minimum atomic E-state index is -0.420. The first-order valence-electron chi connectivity index (χ1n) is 9.20. The Morgan fingerprint density at radius 2 is 1.93 bits per heavy atom. The Morgan fingerprint density at radius 1 is 1.22 bits per heavy atom. The minimum Gasteiger partial charge on any atom is -0.493 e. The molecule has 1 aromatic rings. The van der Waals surface area contributed by atoms with E-state index in [2.05, 4.69) is 13.8 Å². The molecule has 1 aromatic carbocycles. The highest BCUT2D eigenvalue weighted by Crippen LogP contribution is 2.34. The average Bonchev–Trinajstić information content (AvgIpc) is 3.26. The molecular weight excluding hydrogens is 364 g/mol. The number of hydrogen-bond acceptors (Lipinski definition) is 5. The molecule has 2 aliphatic heterocycles. The van der Waals surface area contributed by atoms with Crippen LogP contribution in [0, 0.1) is 5.92 Å². The Balaban J connectivity index is 1.73. The van der Waals surface area contributed by atoms with E-state index in [0.29, 0.717) is 36.3 Å². The zero-order chi connectivity index (χ0) is 19.4. The van der Waals surface area contributed by atoms with E-state index in [9.17, 15) is 14.4 Å². The number of likely N-dealkylation sites (tertiary alicyclic amines) is 1. The summed E-state index contributed by atoms with van der Waals surface area (Å²) >= 11 is 0.866. The van der Waals surface area contributed by atoms with Gasteiger partial charge in [0.15, 0.2) is 0 Å². The summed E-state index contributed by atoms with van der Waals surface area (Å²) in [4.78, 5) is 40.3. The molecule has 3 amide bonds. The van der Waals surface area contributed by atoms with Gasteiger partial charge in [-0.3, -0.25) is 19.3 Å². The van der Waals surface area contributed by atoms with Gasteiger partial charge in [0.25, 0.3) is 11.1 Å². The van der Waals surface area contributed by atoms with Gasteiger partial charge >= 0.3 is 0 Å². The maximum absolute atomic E-state index is 12.7. The standard InChI is InChI=1S/C20H24N2O4S/c1-14(2)13-26-16-8-4-3-7-15(16)11-17-19(24)22(20(25)27-17)12-18(23)21-9-5-6-10-21/h3-4,7-8,11,14H,5-6,9-10,12-13H2,1-2H3/b17-11+. The molecule has 3 rings (SSSR count). The summed E-state index contributed by atoms with van der Waals surface area (Å²) in [6, 6.07) is 7.41. The third-order valence-electron chi connectivity index (χ3n) is 4.40. The number of benzene rings is 1. The fourth-order valence-corrected chi connectivity index (χ4v) is 3.80. The van der Waals surface area contributed by atoms with Crippen LogP contribution in [0.2, 0.25) is 0 Å². The Hall–Kier alpha value is -2.28. The molecule has 0 saturated carbocycles. The number of hydrogen-bond donors (Lipinski definition) is 0. The van der Waals surface area contributed by atoms with Gasteiger partial charge in [0.1, 0.15) is 12.3 Å². The van der Waals surface area contributed by atoms with E-state index in [4.69, 9.17) is 4.74 Å². The van der Waals surface area contributed by atoms with Crippen LogP contribution >= 0.6 is 11.8 Å².